The van der Waals surface area contributed by atoms with Crippen molar-refractivity contribution < 1.29 is 19.1 Å². The number of aryl methyl sites for hydroxylation is 1. The zero-order chi connectivity index (χ0) is 17.1. The van der Waals surface area contributed by atoms with Crippen molar-refractivity contribution in [1.29, 1.82) is 0 Å². The summed E-state index contributed by atoms with van der Waals surface area (Å²) >= 11 is 0. The highest BCUT2D eigenvalue weighted by Gasteiger charge is 2.19. The lowest BCUT2D eigenvalue weighted by Gasteiger charge is -2.03. The maximum absolute atomic E-state index is 12.3. The molecule has 24 heavy (non-hydrogen) atoms. The first-order valence-electron chi connectivity index (χ1n) is 7.29. The number of carbonyl (C=O) groups is 1. The fraction of sp³-hybridized carbons (Fsp3) is 0.111. The van der Waals surface area contributed by atoms with Gasteiger partial charge in [0.25, 0.3) is 0 Å². The van der Waals surface area contributed by atoms with Gasteiger partial charge in [-0.3, -0.25) is 4.79 Å². The first-order valence-corrected chi connectivity index (χ1v) is 7.29. The van der Waals surface area contributed by atoms with Crippen LogP contribution in [0.4, 0.5) is 0 Å². The molecule has 1 amide bonds. The molecule has 0 spiro atoms. The van der Waals surface area contributed by atoms with Crippen LogP contribution in [0, 0.1) is 6.92 Å². The smallest absolute Gasteiger partial charge is 0.307 e. The van der Waals surface area contributed by atoms with Crippen LogP contribution in [0.2, 0.25) is 0 Å². The Morgan fingerprint density at radius 1 is 1.25 bits per heavy atom. The van der Waals surface area contributed by atoms with Gasteiger partial charge in [0.2, 0.25) is 0 Å². The first kappa shape index (κ1) is 15.6. The van der Waals surface area contributed by atoms with Crippen molar-refractivity contribution in [3.8, 4) is 11.5 Å². The predicted octanol–water partition coefficient (Wildman–Crippen LogP) is 3.22. The molecule has 0 aliphatic heterocycles. The molecule has 0 atom stereocenters. The summed E-state index contributed by atoms with van der Waals surface area (Å²) in [6, 6.07) is 12.2. The molecule has 0 unspecified atom stereocenters. The number of furan rings is 1. The Balaban J connectivity index is 1.82. The first-order chi connectivity index (χ1) is 11.6. The van der Waals surface area contributed by atoms with Crippen LogP contribution in [0.5, 0.6) is 11.5 Å². The number of phenolic OH excluding ortho intramolecular Hbond substituents is 1. The second kappa shape index (κ2) is 6.45. The van der Waals surface area contributed by atoms with Crippen LogP contribution in [0.1, 0.15) is 21.7 Å². The molecule has 2 N–H and O–H groups in total. The van der Waals surface area contributed by atoms with Crippen molar-refractivity contribution >= 4 is 23.1 Å². The third-order valence-corrected chi connectivity index (χ3v) is 3.65. The number of para-hydroxylation sites is 1. The number of hydrazone groups is 1. The number of nitrogens with one attached hydrogen (secondary N) is 1. The van der Waals surface area contributed by atoms with Crippen molar-refractivity contribution in [1.82, 2.24) is 5.43 Å². The van der Waals surface area contributed by atoms with Crippen LogP contribution < -0.4 is 10.2 Å². The van der Waals surface area contributed by atoms with Crippen LogP contribution in [-0.2, 0) is 0 Å². The maximum Gasteiger partial charge on any atom is 0.307 e. The average Bonchev–Trinajstić information content (AvgIpc) is 2.93. The van der Waals surface area contributed by atoms with Gasteiger partial charge in [0, 0.05) is 11.1 Å². The molecule has 0 aliphatic carbocycles. The van der Waals surface area contributed by atoms with Crippen LogP contribution in [0.3, 0.4) is 0 Å². The van der Waals surface area contributed by atoms with E-state index in [4.69, 9.17) is 9.15 Å². The molecule has 0 aliphatic rings. The van der Waals surface area contributed by atoms with Crippen molar-refractivity contribution in [3.05, 3.63) is 59.4 Å². The fourth-order valence-electron chi connectivity index (χ4n) is 2.48. The molecule has 2 aromatic carbocycles. The molecule has 3 rings (SSSR count). The Hall–Kier alpha value is -3.28. The van der Waals surface area contributed by atoms with Crippen molar-refractivity contribution in [2.75, 3.05) is 7.11 Å². The number of carbonyl (C=O) groups excluding carboxylic acids is 1. The second-order valence-corrected chi connectivity index (χ2v) is 5.15. The minimum atomic E-state index is -0.491. The van der Waals surface area contributed by atoms with E-state index in [1.807, 2.05) is 18.2 Å². The topological polar surface area (TPSA) is 84.1 Å². The van der Waals surface area contributed by atoms with Gasteiger partial charge in [-0.05, 0) is 31.2 Å². The molecule has 0 saturated carbocycles. The number of nitrogens with zero attached hydrogens (tertiary/aromatic N) is 1. The number of hydrogen-bond acceptors (Lipinski definition) is 5. The molecule has 122 valence electrons. The molecule has 0 bridgehead atoms. The number of fused-ring (bicyclic) bond motifs is 1. The number of hydrogen-bond donors (Lipinski definition) is 2. The monoisotopic (exact) mass is 324 g/mol. The lowest BCUT2D eigenvalue weighted by Crippen LogP contribution is -2.17. The van der Waals surface area contributed by atoms with E-state index in [-0.39, 0.29) is 11.5 Å². The van der Waals surface area contributed by atoms with Crippen molar-refractivity contribution in [2.24, 2.45) is 5.10 Å². The van der Waals surface area contributed by atoms with Gasteiger partial charge in [-0.15, -0.1) is 0 Å². The van der Waals surface area contributed by atoms with Gasteiger partial charge >= 0.3 is 5.91 Å². The summed E-state index contributed by atoms with van der Waals surface area (Å²) in [6.07, 6.45) is 1.49. The van der Waals surface area contributed by atoms with E-state index in [2.05, 4.69) is 10.5 Å². The quantitative estimate of drug-likeness (QED) is 0.570. The normalized spacial score (nSPS) is 11.1. The van der Waals surface area contributed by atoms with E-state index in [1.165, 1.54) is 6.21 Å². The minimum absolute atomic E-state index is 0.0744. The lowest BCUT2D eigenvalue weighted by molar-refractivity contribution is 0.0929. The van der Waals surface area contributed by atoms with Crippen molar-refractivity contribution in [3.63, 3.8) is 0 Å². The molecular weight excluding hydrogens is 308 g/mol. The van der Waals surface area contributed by atoms with E-state index in [1.54, 1.807) is 38.3 Å². The highest BCUT2D eigenvalue weighted by Crippen LogP contribution is 2.32. The maximum atomic E-state index is 12.3. The molecule has 0 radical (unpaired) electrons. The Kier molecular flexibility index (Phi) is 4.20. The molecule has 6 heteroatoms. The van der Waals surface area contributed by atoms with Gasteiger partial charge in [0.05, 0.1) is 18.7 Å². The van der Waals surface area contributed by atoms with Crippen molar-refractivity contribution in [2.45, 2.75) is 6.92 Å². The number of aromatic hydroxyl groups is 1. The Morgan fingerprint density at radius 2 is 2.04 bits per heavy atom. The number of benzene rings is 2. The van der Waals surface area contributed by atoms with Crippen LogP contribution in [-0.4, -0.2) is 24.3 Å². The SMILES string of the molecule is COc1ccccc1/C=N\NC(=O)c1oc2cccc(O)c2c1C. The molecule has 1 aromatic heterocycles. The minimum Gasteiger partial charge on any atom is -0.507 e. The number of phenols is 1. The molecule has 0 saturated heterocycles. The molecule has 1 heterocycles. The van der Waals surface area contributed by atoms with Gasteiger partial charge in [-0.2, -0.15) is 5.10 Å². The highest BCUT2D eigenvalue weighted by atomic mass is 16.5. The van der Waals surface area contributed by atoms with E-state index >= 15 is 0 Å². The molecule has 3 aromatic rings. The van der Waals surface area contributed by atoms with Gasteiger partial charge in [-0.1, -0.05) is 18.2 Å². The molecular formula is C18H16N2O4. The number of ether oxygens (including phenoxy) is 1. The molecule has 6 nitrogen and oxygen atoms in total. The summed E-state index contributed by atoms with van der Waals surface area (Å²) < 4.78 is 10.7. The fourth-order valence-corrected chi connectivity index (χ4v) is 2.48. The van der Waals surface area contributed by atoms with Gasteiger partial charge < -0.3 is 14.3 Å². The van der Waals surface area contributed by atoms with E-state index < -0.39 is 5.91 Å². The zero-order valence-electron chi connectivity index (χ0n) is 13.2. The third kappa shape index (κ3) is 2.81. The number of methoxy groups -OCH3 is 1. The van der Waals surface area contributed by atoms with Gasteiger partial charge in [0.1, 0.15) is 17.1 Å². The predicted molar refractivity (Wildman–Crippen MR) is 90.7 cm³/mol. The van der Waals surface area contributed by atoms with Crippen LogP contribution in [0.15, 0.2) is 52.0 Å². The second-order valence-electron chi connectivity index (χ2n) is 5.15. The Morgan fingerprint density at radius 3 is 2.79 bits per heavy atom. The largest absolute Gasteiger partial charge is 0.507 e. The summed E-state index contributed by atoms with van der Waals surface area (Å²) in [4.78, 5) is 12.3. The highest BCUT2D eigenvalue weighted by molar-refractivity contribution is 6.01. The van der Waals surface area contributed by atoms with E-state index in [9.17, 15) is 9.90 Å². The lowest BCUT2D eigenvalue weighted by atomic mass is 10.1. The standard InChI is InChI=1S/C18H16N2O4/c1-11-16-13(21)7-5-9-15(16)24-17(11)18(22)20-19-10-12-6-3-4-8-14(12)23-2/h3-10,21H,1-2H3,(H,20,22)/b19-10-. The zero-order valence-corrected chi connectivity index (χ0v) is 13.2. The summed E-state index contributed by atoms with van der Waals surface area (Å²) in [5, 5.41) is 14.4. The van der Waals surface area contributed by atoms with Gasteiger partial charge in [0.15, 0.2) is 5.76 Å². The summed E-state index contributed by atoms with van der Waals surface area (Å²) in [5.41, 5.74) is 4.17. The van der Waals surface area contributed by atoms with Crippen LogP contribution in [0.25, 0.3) is 11.0 Å². The summed E-state index contributed by atoms with van der Waals surface area (Å²) in [7, 11) is 1.56. The third-order valence-electron chi connectivity index (χ3n) is 3.65. The van der Waals surface area contributed by atoms with E-state index in [0.717, 1.165) is 5.56 Å². The van der Waals surface area contributed by atoms with E-state index in [0.29, 0.717) is 22.3 Å². The molecule has 0 fully saturated rings. The number of rotatable bonds is 4. The Bertz CT molecular complexity index is 928. The number of amides is 1. The average molecular weight is 324 g/mol. The Labute approximate surface area is 138 Å². The van der Waals surface area contributed by atoms with Gasteiger partial charge in [-0.25, -0.2) is 5.43 Å². The van der Waals surface area contributed by atoms with Crippen LogP contribution >= 0.6 is 0 Å². The summed E-state index contributed by atoms with van der Waals surface area (Å²) in [5.74, 6) is 0.351. The summed E-state index contributed by atoms with van der Waals surface area (Å²) in [6.45, 7) is 1.71.